The summed E-state index contributed by atoms with van der Waals surface area (Å²) in [6, 6.07) is 5.13. The number of methoxy groups -OCH3 is 1. The van der Waals surface area contributed by atoms with E-state index in [0.29, 0.717) is 11.6 Å². The van der Waals surface area contributed by atoms with Crippen LogP contribution in [-0.4, -0.2) is 19.3 Å². The van der Waals surface area contributed by atoms with Gasteiger partial charge in [0.1, 0.15) is 5.75 Å². The molecule has 96 valence electrons. The molecule has 3 nitrogen and oxygen atoms in total. The van der Waals surface area contributed by atoms with E-state index >= 15 is 0 Å². The third-order valence-corrected chi connectivity index (χ3v) is 3.03. The van der Waals surface area contributed by atoms with Crippen LogP contribution in [0.1, 0.15) is 32.4 Å². The van der Waals surface area contributed by atoms with Crippen molar-refractivity contribution in [2.45, 2.75) is 32.4 Å². The van der Waals surface area contributed by atoms with Gasteiger partial charge in [0.05, 0.1) is 18.8 Å². The summed E-state index contributed by atoms with van der Waals surface area (Å²) in [6.07, 6.45) is 0. The van der Waals surface area contributed by atoms with Gasteiger partial charge in [-0.2, -0.15) is 0 Å². The van der Waals surface area contributed by atoms with E-state index in [9.17, 15) is 0 Å². The number of benzene rings is 1. The molecule has 17 heavy (non-hydrogen) atoms. The highest BCUT2D eigenvalue weighted by Crippen LogP contribution is 2.34. The molecular weight excluding hydrogens is 238 g/mol. The lowest BCUT2D eigenvalue weighted by Gasteiger charge is -2.32. The van der Waals surface area contributed by atoms with E-state index in [0.717, 1.165) is 11.3 Å². The first-order valence-corrected chi connectivity index (χ1v) is 6.03. The Morgan fingerprint density at radius 2 is 2.06 bits per heavy atom. The summed E-state index contributed by atoms with van der Waals surface area (Å²) < 4.78 is 11.0. The molecule has 1 aromatic rings. The largest absolute Gasteiger partial charge is 0.496 e. The van der Waals surface area contributed by atoms with Crippen LogP contribution < -0.4 is 10.5 Å². The van der Waals surface area contributed by atoms with Crippen molar-refractivity contribution in [2.75, 3.05) is 13.7 Å². The molecule has 0 aromatic heterocycles. The lowest BCUT2D eigenvalue weighted by molar-refractivity contribution is -0.0302. The van der Waals surface area contributed by atoms with Crippen LogP contribution in [-0.2, 0) is 4.74 Å². The van der Waals surface area contributed by atoms with E-state index < -0.39 is 5.60 Å². The lowest BCUT2D eigenvalue weighted by Crippen LogP contribution is -2.38. The minimum Gasteiger partial charge on any atom is -0.496 e. The van der Waals surface area contributed by atoms with Crippen LogP contribution in [0.15, 0.2) is 18.2 Å². The van der Waals surface area contributed by atoms with Crippen molar-refractivity contribution in [2.24, 2.45) is 5.73 Å². The molecule has 0 saturated carbocycles. The van der Waals surface area contributed by atoms with Crippen molar-refractivity contribution in [3.63, 3.8) is 0 Å². The molecule has 0 fully saturated rings. The van der Waals surface area contributed by atoms with Crippen LogP contribution in [0.2, 0.25) is 5.02 Å². The summed E-state index contributed by atoms with van der Waals surface area (Å²) in [6.45, 7) is 6.48. The Kier molecular flexibility index (Phi) is 4.80. The molecular formula is C13H20ClNO2. The monoisotopic (exact) mass is 257 g/mol. The summed E-state index contributed by atoms with van der Waals surface area (Å²) in [4.78, 5) is 0. The Balaban J connectivity index is 3.09. The number of halogens is 1. The van der Waals surface area contributed by atoms with Gasteiger partial charge in [-0.3, -0.25) is 0 Å². The SMILES string of the molecule is CCOC(C)(C)C(N)c1cc(Cl)ccc1OC. The van der Waals surface area contributed by atoms with E-state index in [1.54, 1.807) is 13.2 Å². The topological polar surface area (TPSA) is 44.5 Å². The molecule has 0 heterocycles. The number of nitrogens with two attached hydrogens (primary N) is 1. The highest BCUT2D eigenvalue weighted by atomic mass is 35.5. The van der Waals surface area contributed by atoms with Gasteiger partial charge in [-0.1, -0.05) is 11.6 Å². The fourth-order valence-corrected chi connectivity index (χ4v) is 1.97. The number of hydrogen-bond donors (Lipinski definition) is 1. The third-order valence-electron chi connectivity index (χ3n) is 2.79. The fraction of sp³-hybridized carbons (Fsp3) is 0.538. The second-order valence-corrected chi connectivity index (χ2v) is 4.84. The Labute approximate surface area is 108 Å². The van der Waals surface area contributed by atoms with E-state index in [2.05, 4.69) is 0 Å². The van der Waals surface area contributed by atoms with Gasteiger partial charge < -0.3 is 15.2 Å². The van der Waals surface area contributed by atoms with Crippen LogP contribution in [0.25, 0.3) is 0 Å². The first-order valence-electron chi connectivity index (χ1n) is 5.65. The van der Waals surface area contributed by atoms with E-state index in [-0.39, 0.29) is 6.04 Å². The minimum absolute atomic E-state index is 0.295. The van der Waals surface area contributed by atoms with Crippen LogP contribution >= 0.6 is 11.6 Å². The highest BCUT2D eigenvalue weighted by molar-refractivity contribution is 6.30. The molecule has 2 N–H and O–H groups in total. The van der Waals surface area contributed by atoms with Crippen LogP contribution in [0.5, 0.6) is 5.75 Å². The van der Waals surface area contributed by atoms with Crippen LogP contribution in [0.3, 0.4) is 0 Å². The molecule has 0 radical (unpaired) electrons. The minimum atomic E-state index is -0.466. The molecule has 1 aromatic carbocycles. The van der Waals surface area contributed by atoms with Crippen molar-refractivity contribution in [3.8, 4) is 5.75 Å². The average molecular weight is 258 g/mol. The van der Waals surface area contributed by atoms with Crippen LogP contribution in [0.4, 0.5) is 0 Å². The maximum absolute atomic E-state index is 6.24. The molecule has 0 aliphatic rings. The zero-order valence-corrected chi connectivity index (χ0v) is 11.5. The Bertz CT molecular complexity index is 380. The first-order chi connectivity index (χ1) is 7.92. The molecule has 0 aliphatic heterocycles. The highest BCUT2D eigenvalue weighted by Gasteiger charge is 2.30. The third kappa shape index (κ3) is 3.35. The Hall–Kier alpha value is -0.770. The molecule has 0 bridgehead atoms. The van der Waals surface area contributed by atoms with Gasteiger partial charge in [0.15, 0.2) is 0 Å². The van der Waals surface area contributed by atoms with Crippen molar-refractivity contribution in [1.29, 1.82) is 0 Å². The standard InChI is InChI=1S/C13H20ClNO2/c1-5-17-13(2,3)12(15)10-8-9(14)6-7-11(10)16-4/h6-8,12H,5,15H2,1-4H3. The zero-order valence-electron chi connectivity index (χ0n) is 10.8. The van der Waals surface area contributed by atoms with Gasteiger partial charge in [0, 0.05) is 17.2 Å². The number of hydrogen-bond acceptors (Lipinski definition) is 3. The molecule has 0 amide bonds. The maximum atomic E-state index is 6.24. The van der Waals surface area contributed by atoms with Crippen molar-refractivity contribution in [3.05, 3.63) is 28.8 Å². The van der Waals surface area contributed by atoms with Gasteiger partial charge in [-0.25, -0.2) is 0 Å². The second kappa shape index (κ2) is 5.71. The Morgan fingerprint density at radius 1 is 1.41 bits per heavy atom. The summed E-state index contributed by atoms with van der Waals surface area (Å²) >= 11 is 5.99. The molecule has 0 spiro atoms. The predicted molar refractivity (Wildman–Crippen MR) is 70.6 cm³/mol. The van der Waals surface area contributed by atoms with Gasteiger partial charge >= 0.3 is 0 Å². The summed E-state index contributed by atoms with van der Waals surface area (Å²) in [7, 11) is 1.62. The molecule has 4 heteroatoms. The van der Waals surface area contributed by atoms with Gasteiger partial charge in [0.25, 0.3) is 0 Å². The summed E-state index contributed by atoms with van der Waals surface area (Å²) in [5, 5.41) is 0.642. The first kappa shape index (κ1) is 14.3. The Morgan fingerprint density at radius 3 is 2.59 bits per heavy atom. The molecule has 0 aliphatic carbocycles. The van der Waals surface area contributed by atoms with E-state index in [1.807, 2.05) is 32.9 Å². The summed E-state index contributed by atoms with van der Waals surface area (Å²) in [5.74, 6) is 0.731. The normalized spacial score (nSPS) is 13.5. The average Bonchev–Trinajstić information content (AvgIpc) is 2.28. The molecule has 1 unspecified atom stereocenters. The van der Waals surface area contributed by atoms with Crippen molar-refractivity contribution >= 4 is 11.6 Å². The van der Waals surface area contributed by atoms with Gasteiger partial charge in [-0.05, 0) is 39.0 Å². The zero-order chi connectivity index (χ0) is 13.1. The smallest absolute Gasteiger partial charge is 0.123 e. The second-order valence-electron chi connectivity index (χ2n) is 4.40. The predicted octanol–water partition coefficient (Wildman–Crippen LogP) is 3.16. The quantitative estimate of drug-likeness (QED) is 0.881. The fourth-order valence-electron chi connectivity index (χ4n) is 1.78. The van der Waals surface area contributed by atoms with E-state index in [1.165, 1.54) is 0 Å². The molecule has 1 atom stereocenters. The molecule has 1 rings (SSSR count). The lowest BCUT2D eigenvalue weighted by atomic mass is 9.92. The van der Waals surface area contributed by atoms with Gasteiger partial charge in [0.2, 0.25) is 0 Å². The van der Waals surface area contributed by atoms with Crippen molar-refractivity contribution < 1.29 is 9.47 Å². The van der Waals surface area contributed by atoms with Crippen molar-refractivity contribution in [1.82, 2.24) is 0 Å². The molecule has 0 saturated heterocycles. The summed E-state index contributed by atoms with van der Waals surface area (Å²) in [5.41, 5.74) is 6.63. The van der Waals surface area contributed by atoms with Crippen LogP contribution in [0, 0.1) is 0 Å². The van der Waals surface area contributed by atoms with E-state index in [4.69, 9.17) is 26.8 Å². The maximum Gasteiger partial charge on any atom is 0.123 e. The number of rotatable bonds is 5. The van der Waals surface area contributed by atoms with Gasteiger partial charge in [-0.15, -0.1) is 0 Å². The number of ether oxygens (including phenoxy) is 2.